The third-order valence-electron chi connectivity index (χ3n) is 4.99. The molecule has 0 aliphatic heterocycles. The van der Waals surface area contributed by atoms with Crippen LogP contribution in [-0.4, -0.2) is 45.2 Å². The van der Waals surface area contributed by atoms with E-state index >= 15 is 0 Å². The number of hydrogen-bond donors (Lipinski definition) is 2. The van der Waals surface area contributed by atoms with Gasteiger partial charge in [-0.15, -0.1) is 5.10 Å². The number of carbonyl (C=O) groups is 1. The smallest absolute Gasteiger partial charge is 0.220 e. The molecular formula is C24H47N5O2. The minimum absolute atomic E-state index is 0.00957. The van der Waals surface area contributed by atoms with Crippen molar-refractivity contribution in [3.63, 3.8) is 0 Å². The third-order valence-corrected chi connectivity index (χ3v) is 4.99. The van der Waals surface area contributed by atoms with Crippen LogP contribution < -0.4 is 10.6 Å². The average molecular weight is 438 g/mol. The predicted octanol–water partition coefficient (Wildman–Crippen LogP) is 4.32. The van der Waals surface area contributed by atoms with E-state index in [1.807, 2.05) is 10.9 Å². The highest BCUT2D eigenvalue weighted by Crippen LogP contribution is 2.25. The summed E-state index contributed by atoms with van der Waals surface area (Å²) in [5.41, 5.74) is 0.790. The standard InChI is InChI=1S/C24H47N5O2/c1-21(2,3)15-20(30)25-13-11-24(9,10)31-14-12-23(7,8)18-29-17-19(27-28-29)16-26-22(4,5)6/h17,26H,11-16,18H2,1-10H3,(H,25,30). The van der Waals surface area contributed by atoms with Gasteiger partial charge >= 0.3 is 0 Å². The molecule has 0 unspecified atom stereocenters. The fourth-order valence-corrected chi connectivity index (χ4v) is 3.09. The van der Waals surface area contributed by atoms with Crippen LogP contribution in [0.1, 0.15) is 94.2 Å². The number of nitrogens with zero attached hydrogens (tertiary/aromatic N) is 3. The summed E-state index contributed by atoms with van der Waals surface area (Å²) in [4.78, 5) is 12.0. The molecule has 7 heteroatoms. The lowest BCUT2D eigenvalue weighted by Crippen LogP contribution is -2.35. The summed E-state index contributed by atoms with van der Waals surface area (Å²) in [6, 6.07) is 0. The molecule has 0 aromatic carbocycles. The van der Waals surface area contributed by atoms with Gasteiger partial charge in [0.15, 0.2) is 0 Å². The molecule has 0 saturated carbocycles. The maximum absolute atomic E-state index is 12.0. The van der Waals surface area contributed by atoms with Crippen LogP contribution in [0.3, 0.4) is 0 Å². The summed E-state index contributed by atoms with van der Waals surface area (Å²) in [5, 5.41) is 15.0. The van der Waals surface area contributed by atoms with Crippen molar-refractivity contribution in [1.82, 2.24) is 25.6 Å². The molecular weight excluding hydrogens is 390 g/mol. The summed E-state index contributed by atoms with van der Waals surface area (Å²) in [6.07, 6.45) is 4.27. The molecule has 31 heavy (non-hydrogen) atoms. The van der Waals surface area contributed by atoms with E-state index < -0.39 is 0 Å². The molecule has 0 spiro atoms. The van der Waals surface area contributed by atoms with Crippen molar-refractivity contribution < 1.29 is 9.53 Å². The fourth-order valence-electron chi connectivity index (χ4n) is 3.09. The van der Waals surface area contributed by atoms with Crippen molar-refractivity contribution in [2.75, 3.05) is 13.2 Å². The molecule has 0 aliphatic rings. The van der Waals surface area contributed by atoms with Gasteiger partial charge in [-0.1, -0.05) is 39.8 Å². The topological polar surface area (TPSA) is 81.1 Å². The normalized spacial score (nSPS) is 13.5. The number of aromatic nitrogens is 3. The minimum Gasteiger partial charge on any atom is -0.375 e. The second-order valence-corrected chi connectivity index (χ2v) is 12.4. The van der Waals surface area contributed by atoms with Crippen molar-refractivity contribution in [3.8, 4) is 0 Å². The largest absolute Gasteiger partial charge is 0.375 e. The molecule has 0 fully saturated rings. The van der Waals surface area contributed by atoms with Gasteiger partial charge in [-0.05, 0) is 58.3 Å². The van der Waals surface area contributed by atoms with Gasteiger partial charge in [0.25, 0.3) is 0 Å². The molecule has 0 radical (unpaired) electrons. The number of nitrogens with one attached hydrogen (secondary N) is 2. The Labute approximate surface area is 190 Å². The SMILES string of the molecule is CC(C)(C)CC(=O)NCCC(C)(C)OCCC(C)(C)Cn1cc(CNC(C)(C)C)nn1. The Kier molecular flexibility index (Phi) is 9.70. The van der Waals surface area contributed by atoms with Gasteiger partial charge in [0.1, 0.15) is 0 Å². The zero-order valence-electron chi connectivity index (χ0n) is 21.7. The third kappa shape index (κ3) is 13.5. The van der Waals surface area contributed by atoms with Crippen molar-refractivity contribution in [3.05, 3.63) is 11.9 Å². The second kappa shape index (κ2) is 10.9. The first-order valence-corrected chi connectivity index (χ1v) is 11.5. The van der Waals surface area contributed by atoms with Crippen LogP contribution in [0.5, 0.6) is 0 Å². The number of hydrogen-bond acceptors (Lipinski definition) is 5. The quantitative estimate of drug-likeness (QED) is 0.509. The Balaban J connectivity index is 2.37. The molecule has 1 aromatic rings. The van der Waals surface area contributed by atoms with E-state index in [1.165, 1.54) is 0 Å². The zero-order chi connectivity index (χ0) is 23.9. The summed E-state index contributed by atoms with van der Waals surface area (Å²) >= 11 is 0. The zero-order valence-corrected chi connectivity index (χ0v) is 21.7. The van der Waals surface area contributed by atoms with Crippen LogP contribution in [0, 0.1) is 10.8 Å². The van der Waals surface area contributed by atoms with E-state index in [-0.39, 0.29) is 27.9 Å². The molecule has 0 bridgehead atoms. The lowest BCUT2D eigenvalue weighted by Gasteiger charge is -2.29. The molecule has 1 amide bonds. The summed E-state index contributed by atoms with van der Waals surface area (Å²) in [5.74, 6) is 0.106. The number of amides is 1. The van der Waals surface area contributed by atoms with Gasteiger partial charge in [-0.25, -0.2) is 0 Å². The highest BCUT2D eigenvalue weighted by atomic mass is 16.5. The maximum atomic E-state index is 12.0. The minimum atomic E-state index is -0.274. The molecule has 180 valence electrons. The van der Waals surface area contributed by atoms with E-state index in [0.29, 0.717) is 26.1 Å². The first-order chi connectivity index (χ1) is 14.0. The number of carbonyl (C=O) groups excluding carboxylic acids is 1. The van der Waals surface area contributed by atoms with Crippen LogP contribution in [0.4, 0.5) is 0 Å². The Hall–Kier alpha value is -1.47. The van der Waals surface area contributed by atoms with Gasteiger partial charge in [0, 0.05) is 44.4 Å². The fraction of sp³-hybridized carbons (Fsp3) is 0.875. The van der Waals surface area contributed by atoms with Crippen molar-refractivity contribution in [1.29, 1.82) is 0 Å². The van der Waals surface area contributed by atoms with Gasteiger partial charge in [0.2, 0.25) is 5.91 Å². The second-order valence-electron chi connectivity index (χ2n) is 12.4. The van der Waals surface area contributed by atoms with Crippen LogP contribution in [0.15, 0.2) is 6.20 Å². The molecule has 7 nitrogen and oxygen atoms in total. The first-order valence-electron chi connectivity index (χ1n) is 11.5. The summed E-state index contributed by atoms with van der Waals surface area (Å²) < 4.78 is 8.09. The van der Waals surface area contributed by atoms with E-state index in [1.54, 1.807) is 0 Å². The van der Waals surface area contributed by atoms with Crippen LogP contribution in [-0.2, 0) is 22.6 Å². The van der Waals surface area contributed by atoms with Gasteiger partial charge in [-0.3, -0.25) is 9.48 Å². The molecule has 0 saturated heterocycles. The van der Waals surface area contributed by atoms with Crippen LogP contribution in [0.25, 0.3) is 0 Å². The van der Waals surface area contributed by atoms with Crippen molar-refractivity contribution in [2.45, 2.75) is 113 Å². The van der Waals surface area contributed by atoms with Crippen molar-refractivity contribution in [2.24, 2.45) is 10.8 Å². The average Bonchev–Trinajstić information content (AvgIpc) is 2.96. The first kappa shape index (κ1) is 27.6. The van der Waals surface area contributed by atoms with E-state index in [0.717, 1.165) is 25.1 Å². The van der Waals surface area contributed by atoms with E-state index in [2.05, 4.69) is 90.2 Å². The molecule has 0 aliphatic carbocycles. The van der Waals surface area contributed by atoms with Gasteiger partial charge < -0.3 is 15.4 Å². The van der Waals surface area contributed by atoms with E-state index in [9.17, 15) is 4.79 Å². The molecule has 1 heterocycles. The van der Waals surface area contributed by atoms with Crippen LogP contribution in [0.2, 0.25) is 0 Å². The molecule has 2 N–H and O–H groups in total. The number of rotatable bonds is 12. The Morgan fingerprint density at radius 3 is 2.26 bits per heavy atom. The lowest BCUT2D eigenvalue weighted by molar-refractivity contribution is -0.123. The summed E-state index contributed by atoms with van der Waals surface area (Å²) in [6.45, 7) is 24.1. The van der Waals surface area contributed by atoms with Crippen LogP contribution >= 0.6 is 0 Å². The molecule has 1 aromatic heterocycles. The lowest BCUT2D eigenvalue weighted by atomic mass is 9.89. The van der Waals surface area contributed by atoms with Gasteiger partial charge in [0.05, 0.1) is 11.3 Å². The molecule has 0 atom stereocenters. The monoisotopic (exact) mass is 437 g/mol. The summed E-state index contributed by atoms with van der Waals surface area (Å²) in [7, 11) is 0. The van der Waals surface area contributed by atoms with Crippen molar-refractivity contribution >= 4 is 5.91 Å². The Morgan fingerprint density at radius 2 is 1.68 bits per heavy atom. The maximum Gasteiger partial charge on any atom is 0.220 e. The highest BCUT2D eigenvalue weighted by Gasteiger charge is 2.24. The highest BCUT2D eigenvalue weighted by molar-refractivity contribution is 5.76. The Morgan fingerprint density at radius 1 is 1.03 bits per heavy atom. The van der Waals surface area contributed by atoms with E-state index in [4.69, 9.17) is 4.74 Å². The number of ether oxygens (including phenoxy) is 1. The molecule has 1 rings (SSSR count). The van der Waals surface area contributed by atoms with Gasteiger partial charge in [-0.2, -0.15) is 0 Å². The predicted molar refractivity (Wildman–Crippen MR) is 127 cm³/mol. The Bertz CT molecular complexity index is 681.